The predicted molar refractivity (Wildman–Crippen MR) is 93.8 cm³/mol. The Kier molecular flexibility index (Phi) is 4.83. The van der Waals surface area contributed by atoms with Crippen molar-refractivity contribution in [3.05, 3.63) is 64.7 Å². The van der Waals surface area contributed by atoms with Crippen molar-refractivity contribution in [2.75, 3.05) is 6.54 Å². The number of fused-ring (bicyclic) bond motifs is 1. The maximum absolute atomic E-state index is 12.3. The largest absolute Gasteiger partial charge is 0.295 e. The number of sulfonamides is 1. The van der Waals surface area contributed by atoms with E-state index in [2.05, 4.69) is 22.9 Å². The third-order valence-corrected chi connectivity index (χ3v) is 5.92. The Balaban J connectivity index is 1.61. The highest BCUT2D eigenvalue weighted by molar-refractivity contribution is 7.89. The highest BCUT2D eigenvalue weighted by Crippen LogP contribution is 2.23. The molecule has 4 nitrogen and oxygen atoms in total. The molecule has 1 aliphatic carbocycles. The Hall–Kier alpha value is -1.98. The quantitative estimate of drug-likeness (QED) is 0.820. The van der Waals surface area contributed by atoms with E-state index in [-0.39, 0.29) is 10.7 Å². The fourth-order valence-corrected chi connectivity index (χ4v) is 4.09. The van der Waals surface area contributed by atoms with Crippen LogP contribution in [-0.2, 0) is 29.3 Å². The first-order chi connectivity index (χ1) is 11.5. The number of nitrogens with one attached hydrogen (secondary N) is 1. The van der Waals surface area contributed by atoms with Gasteiger partial charge in [0.05, 0.1) is 4.90 Å². The van der Waals surface area contributed by atoms with Crippen LogP contribution in [0.4, 0.5) is 0 Å². The molecule has 1 N–H and O–H groups in total. The molecule has 0 atom stereocenters. The van der Waals surface area contributed by atoms with Gasteiger partial charge in [0.25, 0.3) is 0 Å². The second-order valence-corrected chi connectivity index (χ2v) is 7.95. The van der Waals surface area contributed by atoms with Gasteiger partial charge < -0.3 is 0 Å². The van der Waals surface area contributed by atoms with Crippen LogP contribution in [0.15, 0.2) is 47.4 Å². The van der Waals surface area contributed by atoms with Crippen molar-refractivity contribution in [1.82, 2.24) is 4.72 Å². The van der Waals surface area contributed by atoms with Gasteiger partial charge in [-0.15, -0.1) is 0 Å². The first-order valence-electron chi connectivity index (χ1n) is 8.17. The Morgan fingerprint density at radius 2 is 1.75 bits per heavy atom. The number of hydrogen-bond donors (Lipinski definition) is 1. The number of aryl methyl sites for hydroxylation is 2. The standard InChI is InChI=1S/C19H21NO3S/c1-14(21)16-7-9-19(10-8-16)24(22,23)20-12-11-15-5-6-17-3-2-4-18(17)13-15/h5-10,13,20H,2-4,11-12H2,1H3. The first kappa shape index (κ1) is 16.9. The van der Waals surface area contributed by atoms with Gasteiger partial charge in [0.1, 0.15) is 0 Å². The molecule has 0 saturated carbocycles. The summed E-state index contributed by atoms with van der Waals surface area (Å²) >= 11 is 0. The molecule has 2 aromatic rings. The van der Waals surface area contributed by atoms with Crippen molar-refractivity contribution in [3.8, 4) is 0 Å². The molecule has 0 radical (unpaired) electrons. The summed E-state index contributed by atoms with van der Waals surface area (Å²) in [5.41, 5.74) is 4.48. The van der Waals surface area contributed by atoms with E-state index >= 15 is 0 Å². The minimum Gasteiger partial charge on any atom is -0.295 e. The van der Waals surface area contributed by atoms with Gasteiger partial charge >= 0.3 is 0 Å². The highest BCUT2D eigenvalue weighted by Gasteiger charge is 2.14. The zero-order chi connectivity index (χ0) is 17.2. The van der Waals surface area contributed by atoms with E-state index in [1.807, 2.05) is 0 Å². The average Bonchev–Trinajstić information content (AvgIpc) is 3.02. The number of carbonyl (C=O) groups excluding carboxylic acids is 1. The molecule has 2 aromatic carbocycles. The maximum Gasteiger partial charge on any atom is 0.240 e. The van der Waals surface area contributed by atoms with E-state index < -0.39 is 10.0 Å². The Labute approximate surface area is 143 Å². The van der Waals surface area contributed by atoms with Gasteiger partial charge in [-0.1, -0.05) is 30.3 Å². The van der Waals surface area contributed by atoms with Crippen molar-refractivity contribution in [3.63, 3.8) is 0 Å². The fourth-order valence-electron chi connectivity index (χ4n) is 3.06. The van der Waals surface area contributed by atoms with Crippen LogP contribution in [0.3, 0.4) is 0 Å². The van der Waals surface area contributed by atoms with Crippen LogP contribution in [0.5, 0.6) is 0 Å². The lowest BCUT2D eigenvalue weighted by atomic mass is 10.0. The zero-order valence-electron chi connectivity index (χ0n) is 13.7. The van der Waals surface area contributed by atoms with Crippen molar-refractivity contribution in [2.24, 2.45) is 0 Å². The second kappa shape index (κ2) is 6.87. The van der Waals surface area contributed by atoms with Crippen molar-refractivity contribution in [1.29, 1.82) is 0 Å². The minimum atomic E-state index is -3.55. The van der Waals surface area contributed by atoms with Crippen LogP contribution in [0, 0.1) is 0 Å². The number of hydrogen-bond acceptors (Lipinski definition) is 3. The molecule has 0 fully saturated rings. The van der Waals surface area contributed by atoms with Gasteiger partial charge in [0.2, 0.25) is 10.0 Å². The topological polar surface area (TPSA) is 63.2 Å². The summed E-state index contributed by atoms with van der Waals surface area (Å²) < 4.78 is 27.2. The van der Waals surface area contributed by atoms with Gasteiger partial charge in [0, 0.05) is 12.1 Å². The molecular weight excluding hydrogens is 322 g/mol. The van der Waals surface area contributed by atoms with Crippen LogP contribution < -0.4 is 4.72 Å². The molecule has 0 unspecified atom stereocenters. The summed E-state index contributed by atoms with van der Waals surface area (Å²) in [6, 6.07) is 12.4. The van der Waals surface area contributed by atoms with E-state index in [9.17, 15) is 13.2 Å². The molecule has 0 amide bonds. The van der Waals surface area contributed by atoms with Gasteiger partial charge in [-0.2, -0.15) is 0 Å². The molecule has 0 saturated heterocycles. The molecule has 0 aromatic heterocycles. The molecule has 0 aliphatic heterocycles. The molecule has 1 aliphatic rings. The Morgan fingerprint density at radius 3 is 2.46 bits per heavy atom. The van der Waals surface area contributed by atoms with Crippen LogP contribution in [0.25, 0.3) is 0 Å². The van der Waals surface area contributed by atoms with E-state index in [4.69, 9.17) is 0 Å². The predicted octanol–water partition coefficient (Wildman–Crippen LogP) is 2.90. The van der Waals surface area contributed by atoms with Crippen molar-refractivity contribution < 1.29 is 13.2 Å². The van der Waals surface area contributed by atoms with Gasteiger partial charge in [0.15, 0.2) is 5.78 Å². The first-order valence-corrected chi connectivity index (χ1v) is 9.65. The van der Waals surface area contributed by atoms with Crippen molar-refractivity contribution in [2.45, 2.75) is 37.5 Å². The molecule has 0 spiro atoms. The van der Waals surface area contributed by atoms with Crippen LogP contribution in [0.2, 0.25) is 0 Å². The lowest BCUT2D eigenvalue weighted by Crippen LogP contribution is -2.26. The maximum atomic E-state index is 12.3. The highest BCUT2D eigenvalue weighted by atomic mass is 32.2. The molecule has 3 rings (SSSR count). The smallest absolute Gasteiger partial charge is 0.240 e. The van der Waals surface area contributed by atoms with Crippen LogP contribution >= 0.6 is 0 Å². The molecule has 126 valence electrons. The summed E-state index contributed by atoms with van der Waals surface area (Å²) in [5.74, 6) is -0.0801. The number of rotatable bonds is 6. The van der Waals surface area contributed by atoms with Gasteiger partial charge in [-0.05, 0) is 61.4 Å². The minimum absolute atomic E-state index is 0.0801. The molecule has 24 heavy (non-hydrogen) atoms. The number of Topliss-reactive ketones (excluding diaryl/α,β-unsaturated/α-hetero) is 1. The van der Waals surface area contributed by atoms with Gasteiger partial charge in [-0.3, -0.25) is 4.79 Å². The summed E-state index contributed by atoms with van der Waals surface area (Å²) in [6.45, 7) is 1.81. The summed E-state index contributed by atoms with van der Waals surface area (Å²) in [4.78, 5) is 11.4. The van der Waals surface area contributed by atoms with Crippen molar-refractivity contribution >= 4 is 15.8 Å². The molecular formula is C19H21NO3S. The fraction of sp³-hybridized carbons (Fsp3) is 0.316. The number of benzene rings is 2. The SMILES string of the molecule is CC(=O)c1ccc(S(=O)(=O)NCCc2ccc3c(c2)CCC3)cc1. The van der Waals surface area contributed by atoms with E-state index in [1.165, 1.54) is 48.7 Å². The number of carbonyl (C=O) groups is 1. The van der Waals surface area contributed by atoms with E-state index in [0.29, 0.717) is 18.5 Å². The number of ketones is 1. The third kappa shape index (κ3) is 3.74. The second-order valence-electron chi connectivity index (χ2n) is 6.18. The third-order valence-electron chi connectivity index (χ3n) is 4.44. The Bertz CT molecular complexity index is 855. The van der Waals surface area contributed by atoms with Gasteiger partial charge in [-0.25, -0.2) is 13.1 Å². The molecule has 0 bridgehead atoms. The average molecular weight is 343 g/mol. The zero-order valence-corrected chi connectivity index (χ0v) is 14.5. The van der Waals surface area contributed by atoms with E-state index in [1.54, 1.807) is 0 Å². The lowest BCUT2D eigenvalue weighted by Gasteiger charge is -2.08. The van der Waals surface area contributed by atoms with Crippen LogP contribution in [-0.4, -0.2) is 20.7 Å². The molecule has 5 heteroatoms. The normalized spacial score (nSPS) is 13.7. The molecule has 0 heterocycles. The summed E-state index contributed by atoms with van der Waals surface area (Å²) in [5, 5.41) is 0. The lowest BCUT2D eigenvalue weighted by molar-refractivity contribution is 0.101. The summed E-state index contributed by atoms with van der Waals surface area (Å²) in [7, 11) is -3.55. The van der Waals surface area contributed by atoms with E-state index in [0.717, 1.165) is 18.4 Å². The Morgan fingerprint density at radius 1 is 1.04 bits per heavy atom. The monoisotopic (exact) mass is 343 g/mol. The summed E-state index contributed by atoms with van der Waals surface area (Å²) in [6.07, 6.45) is 4.15. The van der Waals surface area contributed by atoms with Crippen LogP contribution in [0.1, 0.15) is 40.4 Å².